The Kier molecular flexibility index (Phi) is 6.12. The molecular formula is C24H17ClF5N3. The molecule has 0 saturated heterocycles. The normalized spacial score (nSPS) is 11.6. The molecule has 4 rings (SSSR count). The van der Waals surface area contributed by atoms with Crippen molar-refractivity contribution in [3.63, 3.8) is 0 Å². The predicted molar refractivity (Wildman–Crippen MR) is 119 cm³/mol. The number of rotatable bonds is 5. The average molecular weight is 478 g/mol. The van der Waals surface area contributed by atoms with Crippen molar-refractivity contribution in [2.24, 2.45) is 5.10 Å². The molecule has 1 N–H and O–H groups in total. The molecule has 0 bridgehead atoms. The van der Waals surface area contributed by atoms with Crippen molar-refractivity contribution in [1.82, 2.24) is 4.57 Å². The number of fused-ring (bicyclic) bond motifs is 1. The van der Waals surface area contributed by atoms with E-state index >= 15 is 0 Å². The van der Waals surface area contributed by atoms with E-state index in [4.69, 9.17) is 11.6 Å². The van der Waals surface area contributed by atoms with Crippen molar-refractivity contribution in [3.05, 3.63) is 99.0 Å². The van der Waals surface area contributed by atoms with Crippen LogP contribution in [0.3, 0.4) is 0 Å². The summed E-state index contributed by atoms with van der Waals surface area (Å²) < 4.78 is 70.0. The van der Waals surface area contributed by atoms with Crippen molar-refractivity contribution in [2.45, 2.75) is 20.4 Å². The summed E-state index contributed by atoms with van der Waals surface area (Å²) in [6.45, 7) is 4.21. The zero-order valence-electron chi connectivity index (χ0n) is 17.5. The van der Waals surface area contributed by atoms with Gasteiger partial charge in [-0.2, -0.15) is 5.10 Å². The molecule has 0 fully saturated rings. The van der Waals surface area contributed by atoms with Crippen LogP contribution in [0.2, 0.25) is 5.02 Å². The van der Waals surface area contributed by atoms with E-state index in [1.807, 2.05) is 60.2 Å². The lowest BCUT2D eigenvalue weighted by molar-refractivity contribution is 0.381. The lowest BCUT2D eigenvalue weighted by Crippen LogP contribution is -2.07. The molecule has 0 unspecified atom stereocenters. The summed E-state index contributed by atoms with van der Waals surface area (Å²) in [7, 11) is 0. The number of hydrogen-bond donors (Lipinski definition) is 1. The van der Waals surface area contributed by atoms with E-state index in [2.05, 4.69) is 5.10 Å². The van der Waals surface area contributed by atoms with Crippen LogP contribution in [0.25, 0.3) is 10.9 Å². The lowest BCUT2D eigenvalue weighted by atomic mass is 10.1. The molecule has 4 aromatic rings. The van der Waals surface area contributed by atoms with Gasteiger partial charge in [-0.1, -0.05) is 41.4 Å². The first kappa shape index (κ1) is 22.8. The summed E-state index contributed by atoms with van der Waals surface area (Å²) in [5.41, 5.74) is 4.86. The highest BCUT2D eigenvalue weighted by Gasteiger charge is 2.25. The first-order chi connectivity index (χ1) is 15.7. The number of benzene rings is 3. The second kappa shape index (κ2) is 8.86. The molecule has 0 amide bonds. The van der Waals surface area contributed by atoms with Crippen LogP contribution >= 0.6 is 11.6 Å². The maximum absolute atomic E-state index is 13.9. The molecule has 9 heteroatoms. The Hall–Kier alpha value is -3.39. The molecule has 0 aliphatic heterocycles. The van der Waals surface area contributed by atoms with E-state index in [-0.39, 0.29) is 0 Å². The standard InChI is InChI=1S/C24H17ClF5N3/c1-12-7-8-18-15(9-12)16(13(2)33(18)11-14-5-3-4-6-17(14)25)10-31-32-24-22(29)20(27)19(26)21(28)23(24)30/h3-10,32H,11H2,1-2H3/b31-10+. The molecule has 3 aromatic carbocycles. The third-order valence-electron chi connectivity index (χ3n) is 5.39. The van der Waals surface area contributed by atoms with Gasteiger partial charge < -0.3 is 4.57 Å². The number of aryl methyl sites for hydroxylation is 1. The van der Waals surface area contributed by atoms with Crippen LogP contribution in [-0.2, 0) is 6.54 Å². The Morgan fingerprint density at radius 1 is 0.909 bits per heavy atom. The molecule has 0 radical (unpaired) electrons. The molecule has 0 aliphatic carbocycles. The highest BCUT2D eigenvalue weighted by Crippen LogP contribution is 2.29. The highest BCUT2D eigenvalue weighted by atomic mass is 35.5. The van der Waals surface area contributed by atoms with Gasteiger partial charge in [0.05, 0.1) is 6.21 Å². The van der Waals surface area contributed by atoms with Crippen molar-refractivity contribution in [1.29, 1.82) is 0 Å². The Labute approximate surface area is 191 Å². The van der Waals surface area contributed by atoms with E-state index in [0.717, 1.165) is 27.7 Å². The van der Waals surface area contributed by atoms with Crippen LogP contribution in [0.15, 0.2) is 47.6 Å². The van der Waals surface area contributed by atoms with E-state index in [1.54, 1.807) is 6.07 Å². The third-order valence-corrected chi connectivity index (χ3v) is 5.76. The minimum Gasteiger partial charge on any atom is -0.340 e. The molecule has 0 spiro atoms. The molecule has 1 aromatic heterocycles. The molecule has 33 heavy (non-hydrogen) atoms. The third kappa shape index (κ3) is 4.06. The van der Waals surface area contributed by atoms with Crippen molar-refractivity contribution < 1.29 is 22.0 Å². The number of nitrogens with zero attached hydrogens (tertiary/aromatic N) is 2. The van der Waals surface area contributed by atoms with Crippen LogP contribution in [0.1, 0.15) is 22.4 Å². The Balaban J connectivity index is 1.76. The Morgan fingerprint density at radius 3 is 2.21 bits per heavy atom. The van der Waals surface area contributed by atoms with Gasteiger partial charge in [0, 0.05) is 33.7 Å². The molecular weight excluding hydrogens is 461 g/mol. The second-order valence-corrected chi connectivity index (χ2v) is 7.92. The van der Waals surface area contributed by atoms with Gasteiger partial charge in [-0.25, -0.2) is 22.0 Å². The largest absolute Gasteiger partial charge is 0.340 e. The molecule has 0 aliphatic rings. The lowest BCUT2D eigenvalue weighted by Gasteiger charge is -2.10. The minimum absolute atomic E-state index is 0.462. The zero-order chi connectivity index (χ0) is 23.9. The number of hydrazone groups is 1. The molecule has 0 atom stereocenters. The van der Waals surface area contributed by atoms with Gasteiger partial charge in [-0.05, 0) is 37.6 Å². The fourth-order valence-corrected chi connectivity index (χ4v) is 3.85. The minimum atomic E-state index is -2.23. The van der Waals surface area contributed by atoms with Gasteiger partial charge in [0.15, 0.2) is 23.3 Å². The first-order valence-corrected chi connectivity index (χ1v) is 10.2. The number of hydrogen-bond acceptors (Lipinski definition) is 2. The fourth-order valence-electron chi connectivity index (χ4n) is 3.65. The van der Waals surface area contributed by atoms with Crippen LogP contribution in [0, 0.1) is 42.9 Å². The quantitative estimate of drug-likeness (QED) is 0.107. The fraction of sp³-hybridized carbons (Fsp3) is 0.125. The summed E-state index contributed by atoms with van der Waals surface area (Å²) in [4.78, 5) is 0. The Bertz CT molecular complexity index is 1380. The summed E-state index contributed by atoms with van der Waals surface area (Å²) in [5, 5.41) is 5.19. The average Bonchev–Trinajstić information content (AvgIpc) is 3.05. The smallest absolute Gasteiger partial charge is 0.200 e. The van der Waals surface area contributed by atoms with Crippen LogP contribution in [0.4, 0.5) is 27.6 Å². The van der Waals surface area contributed by atoms with Gasteiger partial charge in [0.1, 0.15) is 5.69 Å². The number of anilines is 1. The second-order valence-electron chi connectivity index (χ2n) is 7.51. The highest BCUT2D eigenvalue weighted by molar-refractivity contribution is 6.31. The van der Waals surface area contributed by atoms with Crippen LogP contribution < -0.4 is 5.43 Å². The molecule has 170 valence electrons. The number of aromatic nitrogens is 1. The monoisotopic (exact) mass is 477 g/mol. The summed E-state index contributed by atoms with van der Waals surface area (Å²) >= 11 is 6.32. The van der Waals surface area contributed by atoms with Gasteiger partial charge in [0.2, 0.25) is 5.82 Å². The molecule has 3 nitrogen and oxygen atoms in total. The van der Waals surface area contributed by atoms with E-state index in [9.17, 15) is 22.0 Å². The van der Waals surface area contributed by atoms with Crippen molar-refractivity contribution in [2.75, 3.05) is 5.43 Å². The van der Waals surface area contributed by atoms with Crippen molar-refractivity contribution in [3.8, 4) is 0 Å². The van der Waals surface area contributed by atoms with Gasteiger partial charge in [-0.3, -0.25) is 5.43 Å². The van der Waals surface area contributed by atoms with Gasteiger partial charge in [-0.15, -0.1) is 0 Å². The van der Waals surface area contributed by atoms with E-state index in [1.165, 1.54) is 6.21 Å². The summed E-state index contributed by atoms with van der Waals surface area (Å²) in [6.07, 6.45) is 1.29. The van der Waals surface area contributed by atoms with Crippen LogP contribution in [0.5, 0.6) is 0 Å². The SMILES string of the molecule is Cc1ccc2c(c1)c(/C=N/Nc1c(F)c(F)c(F)c(F)c1F)c(C)n2Cc1ccccc1Cl. The summed E-state index contributed by atoms with van der Waals surface area (Å²) in [5.74, 6) is -10.3. The summed E-state index contributed by atoms with van der Waals surface area (Å²) in [6, 6.07) is 13.2. The van der Waals surface area contributed by atoms with Crippen molar-refractivity contribution >= 4 is 34.4 Å². The Morgan fingerprint density at radius 2 is 1.55 bits per heavy atom. The zero-order valence-corrected chi connectivity index (χ0v) is 18.2. The first-order valence-electron chi connectivity index (χ1n) is 9.84. The van der Waals surface area contributed by atoms with Gasteiger partial charge in [0.25, 0.3) is 0 Å². The topological polar surface area (TPSA) is 29.3 Å². The molecule has 0 saturated carbocycles. The van der Waals surface area contributed by atoms with Gasteiger partial charge >= 0.3 is 0 Å². The van der Waals surface area contributed by atoms with E-state index < -0.39 is 34.8 Å². The molecule has 1 heterocycles. The van der Waals surface area contributed by atoms with E-state index in [0.29, 0.717) is 17.1 Å². The number of nitrogens with one attached hydrogen (secondary N) is 1. The maximum Gasteiger partial charge on any atom is 0.200 e. The van der Waals surface area contributed by atoms with Crippen LogP contribution in [-0.4, -0.2) is 10.8 Å². The predicted octanol–water partition coefficient (Wildman–Crippen LogP) is 7.10. The number of halogens is 6. The maximum atomic E-state index is 13.9.